The molecule has 0 unspecified atom stereocenters. The normalized spacial score (nSPS) is 11.3. The molecule has 74 valence electrons. The van der Waals surface area contributed by atoms with E-state index < -0.39 is 0 Å². The van der Waals surface area contributed by atoms with Gasteiger partial charge in [-0.3, -0.25) is 4.98 Å². The third-order valence-corrected chi connectivity index (χ3v) is 2.82. The van der Waals surface area contributed by atoms with Crippen molar-refractivity contribution in [3.05, 3.63) is 41.2 Å². The number of hydrogen-bond donors (Lipinski definition) is 1. The predicted molar refractivity (Wildman–Crippen MR) is 63.3 cm³/mol. The van der Waals surface area contributed by atoms with Gasteiger partial charge in [0.2, 0.25) is 0 Å². The number of pyridine rings is 1. The first-order chi connectivity index (χ1) is 7.24. The van der Waals surface area contributed by atoms with Crippen LogP contribution >= 0.6 is 11.6 Å². The Balaban J connectivity index is 2.51. The minimum atomic E-state index is 0.749. The van der Waals surface area contributed by atoms with E-state index in [4.69, 9.17) is 11.6 Å². The van der Waals surface area contributed by atoms with Gasteiger partial charge in [-0.05, 0) is 25.1 Å². The summed E-state index contributed by atoms with van der Waals surface area (Å²) < 4.78 is 0. The molecule has 0 fully saturated rings. The van der Waals surface area contributed by atoms with E-state index in [1.807, 2.05) is 37.4 Å². The fraction of sp³-hybridized carbons (Fsp3) is 0.0833. The highest BCUT2D eigenvalue weighted by molar-refractivity contribution is 6.31. The predicted octanol–water partition coefficient (Wildman–Crippen LogP) is 3.68. The quantitative estimate of drug-likeness (QED) is 0.610. The van der Waals surface area contributed by atoms with Crippen molar-refractivity contribution in [2.24, 2.45) is 0 Å². The summed E-state index contributed by atoms with van der Waals surface area (Å²) >= 11 is 5.94. The summed E-state index contributed by atoms with van der Waals surface area (Å²) in [7, 11) is 0. The number of rotatable bonds is 0. The summed E-state index contributed by atoms with van der Waals surface area (Å²) in [5.41, 5.74) is 3.19. The standard InChI is InChI=1S/C12H9ClN2/c1-7-4-11-10(6-14-7)9-3-2-8(13)5-12(9)15-11/h2-6,15H,1H3. The van der Waals surface area contributed by atoms with Crippen LogP contribution in [0.25, 0.3) is 21.8 Å². The van der Waals surface area contributed by atoms with Crippen molar-refractivity contribution in [3.8, 4) is 0 Å². The lowest BCUT2D eigenvalue weighted by Crippen LogP contribution is -1.77. The van der Waals surface area contributed by atoms with Gasteiger partial charge in [-0.1, -0.05) is 17.7 Å². The first-order valence-corrected chi connectivity index (χ1v) is 5.15. The molecule has 2 heterocycles. The van der Waals surface area contributed by atoms with E-state index in [1.165, 1.54) is 5.39 Å². The van der Waals surface area contributed by atoms with Gasteiger partial charge in [0.05, 0.1) is 0 Å². The van der Waals surface area contributed by atoms with Crippen molar-refractivity contribution in [1.29, 1.82) is 0 Å². The van der Waals surface area contributed by atoms with Crippen molar-refractivity contribution >= 4 is 33.4 Å². The van der Waals surface area contributed by atoms with Crippen molar-refractivity contribution in [1.82, 2.24) is 9.97 Å². The van der Waals surface area contributed by atoms with Gasteiger partial charge in [-0.2, -0.15) is 0 Å². The molecule has 0 aliphatic carbocycles. The Morgan fingerprint density at radius 1 is 1.13 bits per heavy atom. The molecule has 0 aliphatic rings. The van der Waals surface area contributed by atoms with E-state index in [9.17, 15) is 0 Å². The Hall–Kier alpha value is -1.54. The Bertz CT molecular complexity index is 599. The highest BCUT2D eigenvalue weighted by atomic mass is 35.5. The van der Waals surface area contributed by atoms with Gasteiger partial charge in [0.1, 0.15) is 0 Å². The fourth-order valence-electron chi connectivity index (χ4n) is 1.88. The van der Waals surface area contributed by atoms with Crippen LogP contribution < -0.4 is 0 Å². The summed E-state index contributed by atoms with van der Waals surface area (Å²) in [5, 5.41) is 3.06. The number of halogens is 1. The zero-order valence-electron chi connectivity index (χ0n) is 8.21. The maximum atomic E-state index is 5.94. The zero-order chi connectivity index (χ0) is 10.4. The van der Waals surface area contributed by atoms with Crippen LogP contribution in [0.3, 0.4) is 0 Å². The van der Waals surface area contributed by atoms with Crippen LogP contribution in [-0.2, 0) is 0 Å². The molecule has 2 aromatic heterocycles. The maximum absolute atomic E-state index is 5.94. The Morgan fingerprint density at radius 3 is 2.80 bits per heavy atom. The number of hydrogen-bond acceptors (Lipinski definition) is 1. The molecule has 0 amide bonds. The largest absolute Gasteiger partial charge is 0.354 e. The maximum Gasteiger partial charge on any atom is 0.0498 e. The van der Waals surface area contributed by atoms with Crippen LogP contribution in [0.1, 0.15) is 5.69 Å². The van der Waals surface area contributed by atoms with Gasteiger partial charge >= 0.3 is 0 Å². The third kappa shape index (κ3) is 1.29. The number of fused-ring (bicyclic) bond motifs is 3. The summed E-state index contributed by atoms with van der Waals surface area (Å²) in [6, 6.07) is 7.90. The van der Waals surface area contributed by atoms with E-state index in [1.54, 1.807) is 0 Å². The van der Waals surface area contributed by atoms with Crippen molar-refractivity contribution in [3.63, 3.8) is 0 Å². The van der Waals surface area contributed by atoms with Crippen molar-refractivity contribution in [2.75, 3.05) is 0 Å². The molecule has 3 rings (SSSR count). The molecule has 0 aliphatic heterocycles. The lowest BCUT2D eigenvalue weighted by molar-refractivity contribution is 1.22. The molecule has 0 bridgehead atoms. The minimum Gasteiger partial charge on any atom is -0.354 e. The number of benzene rings is 1. The van der Waals surface area contributed by atoms with Crippen LogP contribution in [0.15, 0.2) is 30.5 Å². The summed E-state index contributed by atoms with van der Waals surface area (Å²) in [6.45, 7) is 1.98. The molecule has 3 heteroatoms. The van der Waals surface area contributed by atoms with Gasteiger partial charge in [0, 0.05) is 38.7 Å². The molecule has 0 spiro atoms. The summed E-state index contributed by atoms with van der Waals surface area (Å²) in [6.07, 6.45) is 1.90. The number of aromatic nitrogens is 2. The second-order valence-electron chi connectivity index (χ2n) is 3.69. The first-order valence-electron chi connectivity index (χ1n) is 4.77. The molecule has 2 nitrogen and oxygen atoms in total. The second kappa shape index (κ2) is 2.97. The molecule has 1 N–H and O–H groups in total. The highest BCUT2D eigenvalue weighted by Crippen LogP contribution is 2.27. The van der Waals surface area contributed by atoms with Gasteiger partial charge in [-0.25, -0.2) is 0 Å². The van der Waals surface area contributed by atoms with E-state index in [2.05, 4.69) is 9.97 Å². The lowest BCUT2D eigenvalue weighted by atomic mass is 10.2. The molecular formula is C12H9ClN2. The third-order valence-electron chi connectivity index (χ3n) is 2.58. The first kappa shape index (κ1) is 8.74. The Morgan fingerprint density at radius 2 is 1.93 bits per heavy atom. The molecule has 3 aromatic rings. The van der Waals surface area contributed by atoms with Crippen LogP contribution in [0, 0.1) is 6.92 Å². The number of aryl methyl sites for hydroxylation is 1. The van der Waals surface area contributed by atoms with Crippen LogP contribution in [0.5, 0.6) is 0 Å². The smallest absolute Gasteiger partial charge is 0.0498 e. The monoisotopic (exact) mass is 216 g/mol. The summed E-state index contributed by atoms with van der Waals surface area (Å²) in [5.74, 6) is 0. The van der Waals surface area contributed by atoms with Crippen LogP contribution in [0.4, 0.5) is 0 Å². The molecule has 0 saturated heterocycles. The Kier molecular flexibility index (Phi) is 1.73. The number of nitrogens with zero attached hydrogens (tertiary/aromatic N) is 1. The molecular weight excluding hydrogens is 208 g/mol. The van der Waals surface area contributed by atoms with Crippen molar-refractivity contribution in [2.45, 2.75) is 6.92 Å². The number of H-pyrrole nitrogens is 1. The van der Waals surface area contributed by atoms with E-state index >= 15 is 0 Å². The van der Waals surface area contributed by atoms with Crippen molar-refractivity contribution < 1.29 is 0 Å². The van der Waals surface area contributed by atoms with E-state index in [0.717, 1.165) is 27.1 Å². The molecule has 0 saturated carbocycles. The molecule has 0 atom stereocenters. The lowest BCUT2D eigenvalue weighted by Gasteiger charge is -1.92. The summed E-state index contributed by atoms with van der Waals surface area (Å²) in [4.78, 5) is 7.63. The average Bonchev–Trinajstić information content (AvgIpc) is 2.53. The average molecular weight is 217 g/mol. The number of nitrogens with one attached hydrogen (secondary N) is 1. The number of aromatic amines is 1. The molecule has 15 heavy (non-hydrogen) atoms. The van der Waals surface area contributed by atoms with Crippen LogP contribution in [-0.4, -0.2) is 9.97 Å². The SMILES string of the molecule is Cc1cc2[nH]c3cc(Cl)ccc3c2cn1. The van der Waals surface area contributed by atoms with E-state index in [-0.39, 0.29) is 0 Å². The van der Waals surface area contributed by atoms with Crippen LogP contribution in [0.2, 0.25) is 5.02 Å². The molecule has 0 radical (unpaired) electrons. The minimum absolute atomic E-state index is 0.749. The fourth-order valence-corrected chi connectivity index (χ4v) is 2.05. The van der Waals surface area contributed by atoms with Gasteiger partial charge < -0.3 is 4.98 Å². The second-order valence-corrected chi connectivity index (χ2v) is 4.12. The zero-order valence-corrected chi connectivity index (χ0v) is 8.97. The Labute approximate surface area is 91.9 Å². The molecule has 1 aromatic carbocycles. The van der Waals surface area contributed by atoms with Gasteiger partial charge in [-0.15, -0.1) is 0 Å². The highest BCUT2D eigenvalue weighted by Gasteiger charge is 2.04. The topological polar surface area (TPSA) is 28.7 Å². The van der Waals surface area contributed by atoms with E-state index in [0.29, 0.717) is 0 Å². The van der Waals surface area contributed by atoms with Gasteiger partial charge in [0.15, 0.2) is 0 Å². The van der Waals surface area contributed by atoms with Gasteiger partial charge in [0.25, 0.3) is 0 Å².